The zero-order valence-electron chi connectivity index (χ0n) is 18.4. The average molecular weight is 491 g/mol. The molecule has 0 bridgehead atoms. The molecule has 0 aliphatic heterocycles. The number of thiazole rings is 1. The van der Waals surface area contributed by atoms with Crippen LogP contribution >= 0.6 is 22.9 Å². The monoisotopic (exact) mass is 490 g/mol. The van der Waals surface area contributed by atoms with Crippen LogP contribution in [0.4, 0.5) is 5.13 Å². The summed E-state index contributed by atoms with van der Waals surface area (Å²) in [6.07, 6.45) is 3.42. The number of nitrogens with zero attached hydrogens (tertiary/aromatic N) is 4. The van der Waals surface area contributed by atoms with Crippen LogP contribution in [0, 0.1) is 6.92 Å². The number of rotatable bonds is 6. The number of aromatic nitrogens is 3. The fraction of sp³-hybridized carbons (Fsp3) is 0.120. The minimum atomic E-state index is -0.288. The van der Waals surface area contributed by atoms with E-state index in [0.29, 0.717) is 38.5 Å². The van der Waals surface area contributed by atoms with E-state index in [1.165, 1.54) is 11.3 Å². The van der Waals surface area contributed by atoms with Crippen LogP contribution in [-0.2, 0) is 6.54 Å². The van der Waals surface area contributed by atoms with Gasteiger partial charge < -0.3 is 9.26 Å². The van der Waals surface area contributed by atoms with E-state index in [4.69, 9.17) is 25.8 Å². The largest absolute Gasteiger partial charge is 0.497 e. The summed E-state index contributed by atoms with van der Waals surface area (Å²) in [6, 6.07) is 16.6. The third kappa shape index (κ3) is 4.13. The van der Waals surface area contributed by atoms with Gasteiger partial charge in [-0.1, -0.05) is 52.4 Å². The number of halogens is 1. The number of methoxy groups -OCH3 is 1. The van der Waals surface area contributed by atoms with Crippen molar-refractivity contribution >= 4 is 44.2 Å². The Bertz CT molecular complexity index is 1480. The number of carbonyl (C=O) groups excluding carboxylic acids is 1. The van der Waals surface area contributed by atoms with Crippen molar-refractivity contribution in [3.8, 4) is 17.0 Å². The SMILES string of the molecule is COc1ccc2sc(N(Cc3cccnc3)C(=O)c3c(-c4ccccc4Cl)noc3C)nc2c1. The van der Waals surface area contributed by atoms with E-state index in [1.807, 2.05) is 48.5 Å². The lowest BCUT2D eigenvalue weighted by molar-refractivity contribution is 0.0984. The van der Waals surface area contributed by atoms with Crippen LogP contribution in [0.5, 0.6) is 5.75 Å². The number of hydrogen-bond acceptors (Lipinski definition) is 7. The Morgan fingerprint density at radius 2 is 2.03 bits per heavy atom. The average Bonchev–Trinajstić information content (AvgIpc) is 3.45. The first-order valence-corrected chi connectivity index (χ1v) is 11.6. The van der Waals surface area contributed by atoms with Gasteiger partial charge in [-0.3, -0.25) is 14.7 Å². The summed E-state index contributed by atoms with van der Waals surface area (Å²) in [6.45, 7) is 1.99. The van der Waals surface area contributed by atoms with E-state index >= 15 is 0 Å². The second-order valence-corrected chi connectivity index (χ2v) is 8.94. The standard InChI is InChI=1S/C25H19ClN4O3S/c1-15-22(23(29-33-15)18-7-3-4-8-19(18)26)24(31)30(14-16-6-5-11-27-13-16)25-28-20-12-17(32-2)9-10-21(20)34-25/h3-13H,14H2,1-2H3. The van der Waals surface area contributed by atoms with Gasteiger partial charge in [0.2, 0.25) is 0 Å². The Morgan fingerprint density at radius 3 is 2.79 bits per heavy atom. The molecule has 9 heteroatoms. The van der Waals surface area contributed by atoms with Crippen molar-refractivity contribution in [2.24, 2.45) is 0 Å². The minimum absolute atomic E-state index is 0.274. The van der Waals surface area contributed by atoms with Crippen LogP contribution in [0.3, 0.4) is 0 Å². The van der Waals surface area contributed by atoms with Crippen LogP contribution in [0.2, 0.25) is 5.02 Å². The van der Waals surface area contributed by atoms with Gasteiger partial charge in [-0.05, 0) is 36.8 Å². The first-order valence-electron chi connectivity index (χ1n) is 10.4. The lowest BCUT2D eigenvalue weighted by Crippen LogP contribution is -2.31. The molecule has 2 aromatic carbocycles. The van der Waals surface area contributed by atoms with Crippen LogP contribution in [-0.4, -0.2) is 28.1 Å². The molecule has 3 heterocycles. The Balaban J connectivity index is 1.63. The summed E-state index contributed by atoms with van der Waals surface area (Å²) in [5, 5.41) is 5.19. The molecule has 0 saturated carbocycles. The molecule has 0 fully saturated rings. The lowest BCUT2D eigenvalue weighted by Gasteiger charge is -2.20. The van der Waals surface area contributed by atoms with Crippen molar-refractivity contribution in [3.05, 3.63) is 88.9 Å². The number of fused-ring (bicyclic) bond motifs is 1. The highest BCUT2D eigenvalue weighted by Gasteiger charge is 2.30. The Kier molecular flexibility index (Phi) is 6.00. The van der Waals surface area contributed by atoms with Gasteiger partial charge in [0, 0.05) is 24.0 Å². The number of pyridine rings is 1. The molecule has 5 rings (SSSR count). The maximum absolute atomic E-state index is 14.0. The molecular formula is C25H19ClN4O3S. The topological polar surface area (TPSA) is 81.4 Å². The van der Waals surface area contributed by atoms with E-state index in [1.54, 1.807) is 37.4 Å². The molecule has 0 radical (unpaired) electrons. The maximum Gasteiger partial charge on any atom is 0.266 e. The summed E-state index contributed by atoms with van der Waals surface area (Å²) in [4.78, 5) is 24.6. The fourth-order valence-corrected chi connectivity index (χ4v) is 4.80. The van der Waals surface area contributed by atoms with Gasteiger partial charge in [-0.15, -0.1) is 0 Å². The number of anilines is 1. The first-order chi connectivity index (χ1) is 16.5. The van der Waals surface area contributed by atoms with Crippen LogP contribution in [0.15, 0.2) is 71.5 Å². The maximum atomic E-state index is 14.0. The second kappa shape index (κ2) is 9.24. The molecule has 7 nitrogen and oxygen atoms in total. The highest BCUT2D eigenvalue weighted by atomic mass is 35.5. The molecule has 1 amide bonds. The summed E-state index contributed by atoms with van der Waals surface area (Å²) >= 11 is 7.84. The van der Waals surface area contributed by atoms with E-state index in [9.17, 15) is 4.79 Å². The second-order valence-electron chi connectivity index (χ2n) is 7.52. The molecule has 0 aliphatic rings. The molecule has 0 N–H and O–H groups in total. The van der Waals surface area contributed by atoms with Crippen molar-refractivity contribution in [1.82, 2.24) is 15.1 Å². The molecule has 5 aromatic rings. The van der Waals surface area contributed by atoms with Gasteiger partial charge in [-0.2, -0.15) is 0 Å². The van der Waals surface area contributed by atoms with Gasteiger partial charge in [0.05, 0.1) is 28.9 Å². The van der Waals surface area contributed by atoms with Gasteiger partial charge in [0.25, 0.3) is 5.91 Å². The van der Waals surface area contributed by atoms with E-state index in [2.05, 4.69) is 10.1 Å². The quantitative estimate of drug-likeness (QED) is 0.283. The van der Waals surface area contributed by atoms with Gasteiger partial charge in [-0.25, -0.2) is 4.98 Å². The molecular weight excluding hydrogens is 472 g/mol. The summed E-state index contributed by atoms with van der Waals surface area (Å²) in [5.74, 6) is 0.813. The van der Waals surface area contributed by atoms with Gasteiger partial charge in [0.1, 0.15) is 22.8 Å². The molecule has 0 atom stereocenters. The predicted molar refractivity (Wildman–Crippen MR) is 133 cm³/mol. The van der Waals surface area contributed by atoms with E-state index in [0.717, 1.165) is 15.8 Å². The smallest absolute Gasteiger partial charge is 0.266 e. The molecule has 34 heavy (non-hydrogen) atoms. The number of amides is 1. The predicted octanol–water partition coefficient (Wildman–Crippen LogP) is 6.16. The van der Waals surface area contributed by atoms with E-state index in [-0.39, 0.29) is 12.5 Å². The van der Waals surface area contributed by atoms with Gasteiger partial charge >= 0.3 is 0 Å². The molecule has 0 aliphatic carbocycles. The Morgan fingerprint density at radius 1 is 1.18 bits per heavy atom. The highest BCUT2D eigenvalue weighted by Crippen LogP contribution is 2.36. The van der Waals surface area contributed by atoms with Crippen LogP contribution in [0.25, 0.3) is 21.5 Å². The normalized spacial score (nSPS) is 11.0. The summed E-state index contributed by atoms with van der Waals surface area (Å²) in [5.41, 5.74) is 2.97. The number of benzene rings is 2. The zero-order chi connectivity index (χ0) is 23.7. The number of aryl methyl sites for hydroxylation is 1. The van der Waals surface area contributed by atoms with Crippen molar-refractivity contribution in [2.45, 2.75) is 13.5 Å². The van der Waals surface area contributed by atoms with E-state index < -0.39 is 0 Å². The number of hydrogen-bond donors (Lipinski definition) is 0. The minimum Gasteiger partial charge on any atom is -0.497 e. The van der Waals surface area contributed by atoms with Crippen LogP contribution in [0.1, 0.15) is 21.7 Å². The Labute approximate surface area is 204 Å². The summed E-state index contributed by atoms with van der Waals surface area (Å²) < 4.78 is 11.7. The number of ether oxygens (including phenoxy) is 1. The molecule has 170 valence electrons. The molecule has 0 saturated heterocycles. The zero-order valence-corrected chi connectivity index (χ0v) is 19.9. The van der Waals surface area contributed by atoms with Crippen LogP contribution < -0.4 is 9.64 Å². The molecule has 3 aromatic heterocycles. The Hall–Kier alpha value is -3.75. The fourth-order valence-electron chi connectivity index (χ4n) is 3.63. The first kappa shape index (κ1) is 22.1. The third-order valence-electron chi connectivity index (χ3n) is 5.33. The van der Waals surface area contributed by atoms with Crippen molar-refractivity contribution in [3.63, 3.8) is 0 Å². The molecule has 0 spiro atoms. The van der Waals surface area contributed by atoms with Crippen molar-refractivity contribution < 1.29 is 14.1 Å². The third-order valence-corrected chi connectivity index (χ3v) is 6.72. The summed E-state index contributed by atoms with van der Waals surface area (Å²) in [7, 11) is 1.61. The van der Waals surface area contributed by atoms with Gasteiger partial charge in [0.15, 0.2) is 5.13 Å². The van der Waals surface area contributed by atoms with Crippen molar-refractivity contribution in [1.29, 1.82) is 0 Å². The highest BCUT2D eigenvalue weighted by molar-refractivity contribution is 7.22. The number of carbonyl (C=O) groups is 1. The van der Waals surface area contributed by atoms with Crippen molar-refractivity contribution in [2.75, 3.05) is 12.0 Å². The molecule has 0 unspecified atom stereocenters. The lowest BCUT2D eigenvalue weighted by atomic mass is 10.0.